The van der Waals surface area contributed by atoms with E-state index in [0.29, 0.717) is 52.5 Å². The molecule has 164 valence electrons. The number of morpholine rings is 1. The van der Waals surface area contributed by atoms with E-state index in [2.05, 4.69) is 51.4 Å². The highest BCUT2D eigenvalue weighted by atomic mass is 32.2. The molecule has 0 saturated carbocycles. The van der Waals surface area contributed by atoms with Gasteiger partial charge in [0.2, 0.25) is 0 Å². The Morgan fingerprint density at radius 3 is 2.32 bits per heavy atom. The number of fused-ring (bicyclic) bond motifs is 1. The van der Waals surface area contributed by atoms with E-state index in [1.54, 1.807) is 22.0 Å². The highest BCUT2D eigenvalue weighted by Crippen LogP contribution is 2.38. The van der Waals surface area contributed by atoms with Crippen molar-refractivity contribution < 1.29 is 13.2 Å². The van der Waals surface area contributed by atoms with Gasteiger partial charge in [0.05, 0.1) is 18.6 Å². The van der Waals surface area contributed by atoms with E-state index in [1.807, 2.05) is 0 Å². The van der Waals surface area contributed by atoms with E-state index in [0.717, 1.165) is 27.2 Å². The van der Waals surface area contributed by atoms with Gasteiger partial charge in [-0.05, 0) is 12.5 Å². The van der Waals surface area contributed by atoms with Gasteiger partial charge in [-0.2, -0.15) is 17.0 Å². The Hall–Kier alpha value is -2.11. The maximum atomic E-state index is 13.0. The molecule has 0 N–H and O–H groups in total. The van der Waals surface area contributed by atoms with Crippen LogP contribution in [-0.2, 0) is 14.9 Å². The van der Waals surface area contributed by atoms with Crippen molar-refractivity contribution in [2.45, 2.75) is 6.92 Å². The second kappa shape index (κ2) is 8.44. The van der Waals surface area contributed by atoms with Gasteiger partial charge >= 0.3 is 0 Å². The molecular weight excluding hydrogens is 434 g/mol. The number of anilines is 1. The predicted molar refractivity (Wildman–Crippen MR) is 123 cm³/mol. The maximum Gasteiger partial charge on any atom is 0.282 e. The fourth-order valence-corrected chi connectivity index (χ4v) is 6.59. The van der Waals surface area contributed by atoms with Gasteiger partial charge < -0.3 is 9.64 Å². The van der Waals surface area contributed by atoms with E-state index < -0.39 is 10.2 Å². The van der Waals surface area contributed by atoms with Crippen LogP contribution in [0.3, 0.4) is 0 Å². The lowest BCUT2D eigenvalue weighted by atomic mass is 10.0. The Bertz CT molecular complexity index is 1170. The van der Waals surface area contributed by atoms with Crippen LogP contribution in [-0.4, -0.2) is 79.5 Å². The number of piperazine rings is 1. The van der Waals surface area contributed by atoms with E-state index in [-0.39, 0.29) is 0 Å². The quantitative estimate of drug-likeness (QED) is 0.596. The van der Waals surface area contributed by atoms with Crippen molar-refractivity contribution in [3.05, 3.63) is 41.5 Å². The molecule has 8 nitrogen and oxygen atoms in total. The predicted octanol–water partition coefficient (Wildman–Crippen LogP) is 2.37. The van der Waals surface area contributed by atoms with Crippen LogP contribution in [0.25, 0.3) is 21.3 Å². The van der Waals surface area contributed by atoms with Crippen molar-refractivity contribution in [3.8, 4) is 11.1 Å². The lowest BCUT2D eigenvalue weighted by Gasteiger charge is -2.38. The van der Waals surface area contributed by atoms with Gasteiger partial charge in [0.1, 0.15) is 17.0 Å². The van der Waals surface area contributed by atoms with Crippen molar-refractivity contribution in [2.24, 2.45) is 0 Å². The molecule has 0 atom stereocenters. The average molecular weight is 460 g/mol. The first-order valence-electron chi connectivity index (χ1n) is 10.4. The molecule has 0 amide bonds. The number of hydrogen-bond donors (Lipinski definition) is 0. The molecule has 2 aromatic heterocycles. The Labute approximate surface area is 186 Å². The molecule has 1 aromatic carbocycles. The molecule has 10 heteroatoms. The number of aromatic nitrogens is 2. The molecule has 2 aliphatic heterocycles. The SMILES string of the molecule is Cc1ccc(-c2csc3ncnc(N4CCN(S(=O)(=O)N5CCOCC5)CC4)c23)cc1. The van der Waals surface area contributed by atoms with E-state index in [9.17, 15) is 8.42 Å². The smallest absolute Gasteiger partial charge is 0.282 e. The molecule has 3 aromatic rings. The van der Waals surface area contributed by atoms with Crippen LogP contribution < -0.4 is 4.90 Å². The van der Waals surface area contributed by atoms with Gasteiger partial charge in [0.25, 0.3) is 10.2 Å². The molecule has 31 heavy (non-hydrogen) atoms. The van der Waals surface area contributed by atoms with Crippen LogP contribution in [0.15, 0.2) is 36.0 Å². The molecule has 0 bridgehead atoms. The number of aryl methyl sites for hydroxylation is 1. The Morgan fingerprint density at radius 2 is 1.61 bits per heavy atom. The van der Waals surface area contributed by atoms with Crippen LogP contribution in [0.4, 0.5) is 5.82 Å². The summed E-state index contributed by atoms with van der Waals surface area (Å²) in [4.78, 5) is 12.2. The molecule has 0 unspecified atom stereocenters. The standard InChI is InChI=1S/C21H25N5O3S2/c1-16-2-4-17(5-3-16)18-14-30-21-19(18)20(22-15-23-21)24-6-8-25(9-7-24)31(27,28)26-10-12-29-13-11-26/h2-5,14-15H,6-13H2,1H3. The Kier molecular flexibility index (Phi) is 5.65. The number of benzene rings is 1. The molecule has 2 saturated heterocycles. The first-order valence-corrected chi connectivity index (χ1v) is 12.7. The van der Waals surface area contributed by atoms with Crippen molar-refractivity contribution in [1.29, 1.82) is 0 Å². The molecule has 5 rings (SSSR count). The zero-order valence-corrected chi connectivity index (χ0v) is 19.0. The zero-order chi connectivity index (χ0) is 21.4. The second-order valence-electron chi connectivity index (χ2n) is 7.80. The summed E-state index contributed by atoms with van der Waals surface area (Å²) in [6, 6.07) is 8.47. The summed E-state index contributed by atoms with van der Waals surface area (Å²) in [5.41, 5.74) is 3.48. The minimum absolute atomic E-state index is 0.421. The normalized spacial score (nSPS) is 19.2. The van der Waals surface area contributed by atoms with E-state index >= 15 is 0 Å². The van der Waals surface area contributed by atoms with Gasteiger partial charge in [-0.3, -0.25) is 0 Å². The van der Waals surface area contributed by atoms with Crippen LogP contribution in [0.5, 0.6) is 0 Å². The molecular formula is C21H25N5O3S2. The maximum absolute atomic E-state index is 13.0. The van der Waals surface area contributed by atoms with E-state index in [4.69, 9.17) is 4.74 Å². The highest BCUT2D eigenvalue weighted by Gasteiger charge is 2.34. The first-order chi connectivity index (χ1) is 15.0. The number of ether oxygens (including phenoxy) is 1. The molecule has 4 heterocycles. The number of rotatable bonds is 4. The minimum atomic E-state index is -3.45. The Balaban J connectivity index is 1.40. The number of hydrogen-bond acceptors (Lipinski definition) is 7. The van der Waals surface area contributed by atoms with Crippen molar-refractivity contribution >= 4 is 37.6 Å². The lowest BCUT2D eigenvalue weighted by molar-refractivity contribution is 0.0700. The third-order valence-corrected chi connectivity index (χ3v) is 8.80. The second-order valence-corrected chi connectivity index (χ2v) is 10.6. The third-order valence-electron chi connectivity index (χ3n) is 5.87. The van der Waals surface area contributed by atoms with Gasteiger partial charge in [0.15, 0.2) is 0 Å². The summed E-state index contributed by atoms with van der Waals surface area (Å²) in [6.45, 7) is 5.90. The third kappa shape index (κ3) is 3.94. The summed E-state index contributed by atoms with van der Waals surface area (Å²) < 4.78 is 34.4. The Morgan fingerprint density at radius 1 is 0.935 bits per heavy atom. The molecule has 0 radical (unpaired) electrons. The summed E-state index contributed by atoms with van der Waals surface area (Å²) in [7, 11) is -3.45. The molecule has 0 aliphatic carbocycles. The summed E-state index contributed by atoms with van der Waals surface area (Å²) in [5.74, 6) is 0.880. The largest absolute Gasteiger partial charge is 0.379 e. The summed E-state index contributed by atoms with van der Waals surface area (Å²) in [6.07, 6.45) is 1.60. The monoisotopic (exact) mass is 459 g/mol. The average Bonchev–Trinajstić information content (AvgIpc) is 3.25. The van der Waals surface area contributed by atoms with Crippen LogP contribution in [0.1, 0.15) is 5.56 Å². The summed E-state index contributed by atoms with van der Waals surface area (Å²) >= 11 is 1.61. The summed E-state index contributed by atoms with van der Waals surface area (Å²) in [5, 5.41) is 3.17. The lowest BCUT2D eigenvalue weighted by Crippen LogP contribution is -2.55. The first kappa shape index (κ1) is 20.8. The number of thiophene rings is 1. The van der Waals surface area contributed by atoms with Crippen molar-refractivity contribution in [2.75, 3.05) is 57.4 Å². The van der Waals surface area contributed by atoms with Crippen LogP contribution in [0, 0.1) is 6.92 Å². The van der Waals surface area contributed by atoms with Gasteiger partial charge in [-0.15, -0.1) is 11.3 Å². The van der Waals surface area contributed by atoms with Gasteiger partial charge in [-0.1, -0.05) is 29.8 Å². The zero-order valence-electron chi connectivity index (χ0n) is 17.4. The van der Waals surface area contributed by atoms with Crippen LogP contribution in [0.2, 0.25) is 0 Å². The molecule has 2 fully saturated rings. The topological polar surface area (TPSA) is 78.9 Å². The molecule has 0 spiro atoms. The van der Waals surface area contributed by atoms with Crippen LogP contribution >= 0.6 is 11.3 Å². The fraction of sp³-hybridized carbons (Fsp3) is 0.429. The highest BCUT2D eigenvalue weighted by molar-refractivity contribution is 7.86. The fourth-order valence-electron chi connectivity index (χ4n) is 4.12. The van der Waals surface area contributed by atoms with Crippen molar-refractivity contribution in [3.63, 3.8) is 0 Å². The van der Waals surface area contributed by atoms with Gasteiger partial charge in [-0.25, -0.2) is 9.97 Å². The minimum Gasteiger partial charge on any atom is -0.379 e. The van der Waals surface area contributed by atoms with Gasteiger partial charge in [0, 0.05) is 50.2 Å². The van der Waals surface area contributed by atoms with E-state index in [1.165, 1.54) is 9.87 Å². The molecule has 2 aliphatic rings. The number of nitrogens with zero attached hydrogens (tertiary/aromatic N) is 5. The van der Waals surface area contributed by atoms with Crippen molar-refractivity contribution in [1.82, 2.24) is 18.6 Å².